The van der Waals surface area contributed by atoms with Crippen LogP contribution < -0.4 is 15.4 Å². The first kappa shape index (κ1) is 22.6. The lowest BCUT2D eigenvalue weighted by Crippen LogP contribution is -2.38. The van der Waals surface area contributed by atoms with E-state index >= 15 is 0 Å². The van der Waals surface area contributed by atoms with E-state index in [-0.39, 0.29) is 12.3 Å². The Kier molecular flexibility index (Phi) is 9.36. The number of hydrogen-bond donors (Lipinski definition) is 2. The normalized spacial score (nSPS) is 12.1. The predicted molar refractivity (Wildman–Crippen MR) is 104 cm³/mol. The zero-order valence-electron chi connectivity index (χ0n) is 16.3. The van der Waals surface area contributed by atoms with Gasteiger partial charge in [0.15, 0.2) is 12.6 Å². The number of aliphatic imine (C=N–C) groups is 1. The fourth-order valence-corrected chi connectivity index (χ4v) is 2.39. The van der Waals surface area contributed by atoms with Gasteiger partial charge in [-0.1, -0.05) is 18.2 Å². The number of ether oxygens (including phenoxy) is 2. The summed E-state index contributed by atoms with van der Waals surface area (Å²) in [6, 6.07) is 10.2. The standard InChI is InChI=1S/C20H26F3N3O3/c1-2-24-19(25-10-6-11-27-14-17-8-5-12-28-17)26-13-16-7-3-4-9-18(16)29-15-20(21,22)23/h3-5,7-9,12H,2,6,10-11,13-15H2,1H3,(H2,24,25,26). The second-order valence-electron chi connectivity index (χ2n) is 6.12. The van der Waals surface area contributed by atoms with Gasteiger partial charge in [-0.2, -0.15) is 13.2 Å². The maximum Gasteiger partial charge on any atom is 0.422 e. The van der Waals surface area contributed by atoms with Crippen molar-refractivity contribution in [1.82, 2.24) is 10.6 Å². The first-order valence-electron chi connectivity index (χ1n) is 9.37. The SMILES string of the molecule is CCNC(=NCc1ccccc1OCC(F)(F)F)NCCCOCc1ccco1. The van der Waals surface area contributed by atoms with Crippen LogP contribution in [0.4, 0.5) is 13.2 Å². The van der Waals surface area contributed by atoms with Gasteiger partial charge in [-0.3, -0.25) is 0 Å². The van der Waals surface area contributed by atoms with Crippen molar-refractivity contribution in [2.75, 3.05) is 26.3 Å². The van der Waals surface area contributed by atoms with Crippen LogP contribution in [0.15, 0.2) is 52.1 Å². The molecule has 0 amide bonds. The average molecular weight is 413 g/mol. The van der Waals surface area contributed by atoms with Crippen molar-refractivity contribution in [1.29, 1.82) is 0 Å². The Morgan fingerprint density at radius 3 is 2.69 bits per heavy atom. The number of rotatable bonds is 11. The molecule has 0 aliphatic heterocycles. The minimum absolute atomic E-state index is 0.177. The molecule has 0 aliphatic rings. The zero-order valence-corrected chi connectivity index (χ0v) is 16.3. The van der Waals surface area contributed by atoms with Gasteiger partial charge in [0.05, 0.1) is 12.8 Å². The number of furan rings is 1. The minimum atomic E-state index is -4.38. The lowest BCUT2D eigenvalue weighted by molar-refractivity contribution is -0.153. The van der Waals surface area contributed by atoms with Crippen LogP contribution in [0.5, 0.6) is 5.75 Å². The molecule has 9 heteroatoms. The number of guanidine groups is 1. The van der Waals surface area contributed by atoms with Gasteiger partial charge in [0.2, 0.25) is 0 Å². The third-order valence-corrected chi connectivity index (χ3v) is 3.70. The highest BCUT2D eigenvalue weighted by Crippen LogP contribution is 2.22. The Labute approximate surface area is 168 Å². The number of alkyl halides is 3. The molecule has 0 radical (unpaired) electrons. The smallest absolute Gasteiger partial charge is 0.422 e. The van der Waals surface area contributed by atoms with Crippen LogP contribution in [0.2, 0.25) is 0 Å². The topological polar surface area (TPSA) is 68.0 Å². The molecule has 160 valence electrons. The first-order chi connectivity index (χ1) is 14.0. The third kappa shape index (κ3) is 9.38. The van der Waals surface area contributed by atoms with Gasteiger partial charge < -0.3 is 24.5 Å². The van der Waals surface area contributed by atoms with Gasteiger partial charge in [0.25, 0.3) is 0 Å². The molecule has 1 heterocycles. The molecular weight excluding hydrogens is 387 g/mol. The fourth-order valence-electron chi connectivity index (χ4n) is 2.39. The molecule has 0 fully saturated rings. The number of halogens is 3. The largest absolute Gasteiger partial charge is 0.484 e. The highest BCUT2D eigenvalue weighted by molar-refractivity contribution is 5.79. The number of nitrogens with one attached hydrogen (secondary N) is 2. The van der Waals surface area contributed by atoms with Crippen LogP contribution in [-0.2, 0) is 17.9 Å². The Morgan fingerprint density at radius 2 is 1.97 bits per heavy atom. The molecule has 0 atom stereocenters. The van der Waals surface area contributed by atoms with E-state index in [2.05, 4.69) is 15.6 Å². The molecule has 2 rings (SSSR count). The summed E-state index contributed by atoms with van der Waals surface area (Å²) in [5, 5.41) is 6.28. The summed E-state index contributed by atoms with van der Waals surface area (Å²) in [4.78, 5) is 4.42. The summed E-state index contributed by atoms with van der Waals surface area (Å²) >= 11 is 0. The Bertz CT molecular complexity index is 734. The van der Waals surface area contributed by atoms with Crippen molar-refractivity contribution in [3.8, 4) is 5.75 Å². The predicted octanol–water partition coefficient (Wildman–Crippen LogP) is 3.88. The number of para-hydroxylation sites is 1. The van der Waals surface area contributed by atoms with Crippen molar-refractivity contribution in [2.24, 2.45) is 4.99 Å². The van der Waals surface area contributed by atoms with E-state index in [1.165, 1.54) is 6.07 Å². The molecule has 2 N–H and O–H groups in total. The van der Waals surface area contributed by atoms with Gasteiger partial charge in [-0.15, -0.1) is 0 Å². The first-order valence-corrected chi connectivity index (χ1v) is 9.37. The quantitative estimate of drug-likeness (QED) is 0.332. The average Bonchev–Trinajstić information content (AvgIpc) is 3.20. The van der Waals surface area contributed by atoms with Crippen LogP contribution >= 0.6 is 0 Å². The Balaban J connectivity index is 1.79. The van der Waals surface area contributed by atoms with Gasteiger partial charge in [0, 0.05) is 25.3 Å². The van der Waals surface area contributed by atoms with E-state index in [9.17, 15) is 13.2 Å². The van der Waals surface area contributed by atoms with Gasteiger partial charge >= 0.3 is 6.18 Å². The van der Waals surface area contributed by atoms with Gasteiger partial charge in [-0.05, 0) is 31.5 Å². The molecule has 1 aromatic carbocycles. The van der Waals surface area contributed by atoms with Crippen LogP contribution in [0, 0.1) is 0 Å². The molecular formula is C20H26F3N3O3. The van der Waals surface area contributed by atoms with E-state index in [1.54, 1.807) is 24.5 Å². The second-order valence-corrected chi connectivity index (χ2v) is 6.12. The molecule has 29 heavy (non-hydrogen) atoms. The van der Waals surface area contributed by atoms with Crippen molar-refractivity contribution in [3.63, 3.8) is 0 Å². The highest BCUT2D eigenvalue weighted by Gasteiger charge is 2.28. The zero-order chi connectivity index (χ0) is 21.0. The Morgan fingerprint density at radius 1 is 1.14 bits per heavy atom. The van der Waals surface area contributed by atoms with E-state index in [0.29, 0.717) is 37.8 Å². The summed E-state index contributed by atoms with van der Waals surface area (Å²) in [6.07, 6.45) is -2.02. The van der Waals surface area contributed by atoms with Crippen LogP contribution in [-0.4, -0.2) is 38.4 Å². The molecule has 1 aromatic heterocycles. The second kappa shape index (κ2) is 12.0. The maximum atomic E-state index is 12.4. The summed E-state index contributed by atoms with van der Waals surface area (Å²) < 4.78 is 52.8. The summed E-state index contributed by atoms with van der Waals surface area (Å²) in [6.45, 7) is 3.08. The molecule has 6 nitrogen and oxygen atoms in total. The molecule has 0 saturated carbocycles. The molecule has 0 spiro atoms. The number of hydrogen-bond acceptors (Lipinski definition) is 4. The summed E-state index contributed by atoms with van der Waals surface area (Å²) in [5.74, 6) is 1.53. The van der Waals surface area contributed by atoms with Gasteiger partial charge in [0.1, 0.15) is 18.1 Å². The monoisotopic (exact) mass is 413 g/mol. The molecule has 0 saturated heterocycles. The van der Waals surface area contributed by atoms with E-state index in [0.717, 1.165) is 12.2 Å². The summed E-state index contributed by atoms with van der Waals surface area (Å²) in [7, 11) is 0. The van der Waals surface area contributed by atoms with E-state index in [4.69, 9.17) is 13.9 Å². The fraction of sp³-hybridized carbons (Fsp3) is 0.450. The molecule has 2 aromatic rings. The van der Waals surface area contributed by atoms with Crippen molar-refractivity contribution >= 4 is 5.96 Å². The van der Waals surface area contributed by atoms with Crippen molar-refractivity contribution in [3.05, 3.63) is 54.0 Å². The minimum Gasteiger partial charge on any atom is -0.484 e. The highest BCUT2D eigenvalue weighted by atomic mass is 19.4. The third-order valence-electron chi connectivity index (χ3n) is 3.70. The van der Waals surface area contributed by atoms with Crippen LogP contribution in [0.25, 0.3) is 0 Å². The summed E-state index contributed by atoms with van der Waals surface area (Å²) in [5.41, 5.74) is 0.579. The lowest BCUT2D eigenvalue weighted by Gasteiger charge is -2.14. The molecule has 0 bridgehead atoms. The van der Waals surface area contributed by atoms with E-state index < -0.39 is 12.8 Å². The lowest BCUT2D eigenvalue weighted by atomic mass is 10.2. The molecule has 0 aliphatic carbocycles. The van der Waals surface area contributed by atoms with Crippen LogP contribution in [0.1, 0.15) is 24.7 Å². The van der Waals surface area contributed by atoms with E-state index in [1.807, 2.05) is 19.1 Å². The van der Waals surface area contributed by atoms with Crippen LogP contribution in [0.3, 0.4) is 0 Å². The van der Waals surface area contributed by atoms with Crippen molar-refractivity contribution in [2.45, 2.75) is 32.7 Å². The Hall–Kier alpha value is -2.68. The number of benzene rings is 1. The van der Waals surface area contributed by atoms with Crippen molar-refractivity contribution < 1.29 is 27.1 Å². The molecule has 0 unspecified atom stereocenters. The maximum absolute atomic E-state index is 12.4. The van der Waals surface area contributed by atoms with Gasteiger partial charge in [-0.25, -0.2) is 4.99 Å². The number of nitrogens with zero attached hydrogens (tertiary/aromatic N) is 1.